The van der Waals surface area contributed by atoms with Gasteiger partial charge in [-0.05, 0) is 55.7 Å². The second-order valence-electron chi connectivity index (χ2n) is 6.57. The molecule has 0 atom stereocenters. The summed E-state index contributed by atoms with van der Waals surface area (Å²) >= 11 is 0. The van der Waals surface area contributed by atoms with Crippen LogP contribution >= 0.6 is 0 Å². The normalized spacial score (nSPS) is 15.2. The van der Waals surface area contributed by atoms with Crippen LogP contribution < -0.4 is 5.32 Å². The number of anilines is 1. The molecule has 5 heteroatoms. The molecule has 0 spiro atoms. The Kier molecular flexibility index (Phi) is 3.56. The molecule has 1 aliphatic rings. The van der Waals surface area contributed by atoms with Crippen LogP contribution in [0.15, 0.2) is 36.5 Å². The first kappa shape index (κ1) is 14.9. The van der Waals surface area contributed by atoms with Crippen molar-refractivity contribution in [1.82, 2.24) is 9.38 Å². The largest absolute Gasteiger partial charge is 0.504 e. The molecule has 3 N–H and O–H groups in total. The van der Waals surface area contributed by atoms with E-state index in [1.54, 1.807) is 12.1 Å². The van der Waals surface area contributed by atoms with E-state index in [-0.39, 0.29) is 11.5 Å². The van der Waals surface area contributed by atoms with Crippen molar-refractivity contribution < 1.29 is 10.2 Å². The molecule has 0 aliphatic heterocycles. The lowest BCUT2D eigenvalue weighted by Gasteiger charge is -2.15. The molecule has 0 unspecified atom stereocenters. The van der Waals surface area contributed by atoms with Gasteiger partial charge in [-0.3, -0.25) is 4.40 Å². The predicted octanol–water partition coefficient (Wildman–Crippen LogP) is 4.08. The number of nitrogens with zero attached hydrogens (tertiary/aromatic N) is 2. The molecule has 24 heavy (non-hydrogen) atoms. The second kappa shape index (κ2) is 5.74. The van der Waals surface area contributed by atoms with Gasteiger partial charge in [0.1, 0.15) is 17.2 Å². The molecule has 0 radical (unpaired) electrons. The molecular weight excluding hydrogens is 302 g/mol. The SMILES string of the molecule is Cc1ccn2c(NC3CCCC3)c(-c3ccc(O)c(O)c3)nc2c1. The number of phenols is 2. The molecule has 0 bridgehead atoms. The van der Waals surface area contributed by atoms with Crippen LogP contribution in [0.25, 0.3) is 16.9 Å². The van der Waals surface area contributed by atoms with Crippen molar-refractivity contribution in [3.63, 3.8) is 0 Å². The number of hydrogen-bond donors (Lipinski definition) is 3. The highest BCUT2D eigenvalue weighted by Crippen LogP contribution is 2.35. The van der Waals surface area contributed by atoms with Crippen LogP contribution in [-0.4, -0.2) is 25.6 Å². The van der Waals surface area contributed by atoms with Crippen molar-refractivity contribution in [3.05, 3.63) is 42.1 Å². The summed E-state index contributed by atoms with van der Waals surface area (Å²) in [7, 11) is 0. The van der Waals surface area contributed by atoms with Gasteiger partial charge < -0.3 is 15.5 Å². The fraction of sp³-hybridized carbons (Fsp3) is 0.316. The van der Waals surface area contributed by atoms with E-state index >= 15 is 0 Å². The van der Waals surface area contributed by atoms with Crippen LogP contribution in [0.3, 0.4) is 0 Å². The number of phenolic OH excluding ortho intramolecular Hbond substituents is 2. The number of hydrogen-bond acceptors (Lipinski definition) is 4. The first-order chi connectivity index (χ1) is 11.6. The molecule has 124 valence electrons. The maximum absolute atomic E-state index is 9.85. The van der Waals surface area contributed by atoms with Crippen LogP contribution in [0.5, 0.6) is 11.5 Å². The summed E-state index contributed by atoms with van der Waals surface area (Å²) in [6.45, 7) is 2.05. The average molecular weight is 323 g/mol. The topological polar surface area (TPSA) is 69.8 Å². The summed E-state index contributed by atoms with van der Waals surface area (Å²) in [4.78, 5) is 4.76. The third kappa shape index (κ3) is 2.56. The number of benzene rings is 1. The lowest BCUT2D eigenvalue weighted by Crippen LogP contribution is -2.16. The molecule has 2 aromatic heterocycles. The summed E-state index contributed by atoms with van der Waals surface area (Å²) in [6, 6.07) is 9.40. The molecular formula is C19H21N3O2. The van der Waals surface area contributed by atoms with E-state index in [9.17, 15) is 10.2 Å². The Morgan fingerprint density at radius 3 is 2.62 bits per heavy atom. The highest BCUT2D eigenvalue weighted by Gasteiger charge is 2.21. The van der Waals surface area contributed by atoms with E-state index in [2.05, 4.69) is 15.8 Å². The number of imidazole rings is 1. The smallest absolute Gasteiger partial charge is 0.158 e. The van der Waals surface area contributed by atoms with Gasteiger partial charge in [0.15, 0.2) is 11.5 Å². The zero-order chi connectivity index (χ0) is 16.7. The molecule has 1 fully saturated rings. The van der Waals surface area contributed by atoms with Crippen molar-refractivity contribution in [2.24, 2.45) is 0 Å². The van der Waals surface area contributed by atoms with Gasteiger partial charge in [-0.15, -0.1) is 0 Å². The Labute approximate surface area is 140 Å². The lowest BCUT2D eigenvalue weighted by molar-refractivity contribution is 0.404. The van der Waals surface area contributed by atoms with Crippen LogP contribution in [0, 0.1) is 6.92 Å². The van der Waals surface area contributed by atoms with Crippen LogP contribution in [0.2, 0.25) is 0 Å². The predicted molar refractivity (Wildman–Crippen MR) is 94.6 cm³/mol. The van der Waals surface area contributed by atoms with Gasteiger partial charge in [0.25, 0.3) is 0 Å². The van der Waals surface area contributed by atoms with E-state index in [0.29, 0.717) is 6.04 Å². The average Bonchev–Trinajstić information content (AvgIpc) is 3.18. The fourth-order valence-electron chi connectivity index (χ4n) is 3.42. The van der Waals surface area contributed by atoms with Gasteiger partial charge in [-0.1, -0.05) is 12.8 Å². The number of pyridine rings is 1. The van der Waals surface area contributed by atoms with Crippen molar-refractivity contribution in [1.29, 1.82) is 0 Å². The number of nitrogens with one attached hydrogen (secondary N) is 1. The maximum Gasteiger partial charge on any atom is 0.158 e. The highest BCUT2D eigenvalue weighted by molar-refractivity contribution is 5.78. The zero-order valence-electron chi connectivity index (χ0n) is 13.7. The number of aromatic hydroxyl groups is 2. The van der Waals surface area contributed by atoms with E-state index in [1.807, 2.05) is 19.2 Å². The van der Waals surface area contributed by atoms with E-state index in [1.165, 1.54) is 31.7 Å². The summed E-state index contributed by atoms with van der Waals surface area (Å²) in [5.74, 6) is 0.693. The van der Waals surface area contributed by atoms with Crippen molar-refractivity contribution in [2.45, 2.75) is 38.6 Å². The highest BCUT2D eigenvalue weighted by atomic mass is 16.3. The molecule has 1 aromatic carbocycles. The van der Waals surface area contributed by atoms with Gasteiger partial charge in [-0.25, -0.2) is 4.98 Å². The van der Waals surface area contributed by atoms with Gasteiger partial charge in [0.05, 0.1) is 0 Å². The first-order valence-electron chi connectivity index (χ1n) is 8.39. The molecule has 5 nitrogen and oxygen atoms in total. The van der Waals surface area contributed by atoms with Gasteiger partial charge in [0.2, 0.25) is 0 Å². The molecule has 2 heterocycles. The number of aryl methyl sites for hydroxylation is 1. The number of rotatable bonds is 3. The maximum atomic E-state index is 9.85. The van der Waals surface area contributed by atoms with Crippen LogP contribution in [0.4, 0.5) is 5.82 Å². The Morgan fingerprint density at radius 1 is 1.08 bits per heavy atom. The van der Waals surface area contributed by atoms with Gasteiger partial charge >= 0.3 is 0 Å². The molecule has 0 amide bonds. The Balaban J connectivity index is 1.86. The third-order valence-corrected chi connectivity index (χ3v) is 4.73. The van der Waals surface area contributed by atoms with Gasteiger partial charge in [0, 0.05) is 17.8 Å². The Hall–Kier alpha value is -2.69. The lowest BCUT2D eigenvalue weighted by atomic mass is 10.1. The minimum atomic E-state index is -0.132. The van der Waals surface area contributed by atoms with Crippen molar-refractivity contribution >= 4 is 11.5 Å². The summed E-state index contributed by atoms with van der Waals surface area (Å²) in [6.07, 6.45) is 6.86. The summed E-state index contributed by atoms with van der Waals surface area (Å²) in [5, 5.41) is 23.1. The van der Waals surface area contributed by atoms with Crippen LogP contribution in [-0.2, 0) is 0 Å². The van der Waals surface area contributed by atoms with Crippen molar-refractivity contribution in [3.8, 4) is 22.8 Å². The monoisotopic (exact) mass is 323 g/mol. The minimum Gasteiger partial charge on any atom is -0.504 e. The van der Waals surface area contributed by atoms with Crippen molar-refractivity contribution in [2.75, 3.05) is 5.32 Å². The van der Waals surface area contributed by atoms with E-state index in [4.69, 9.17) is 4.98 Å². The molecule has 4 rings (SSSR count). The zero-order valence-corrected chi connectivity index (χ0v) is 13.7. The number of fused-ring (bicyclic) bond motifs is 1. The van der Waals surface area contributed by atoms with E-state index in [0.717, 1.165) is 28.3 Å². The third-order valence-electron chi connectivity index (χ3n) is 4.73. The molecule has 1 aliphatic carbocycles. The first-order valence-corrected chi connectivity index (χ1v) is 8.39. The van der Waals surface area contributed by atoms with E-state index < -0.39 is 0 Å². The number of aromatic nitrogens is 2. The van der Waals surface area contributed by atoms with Crippen LogP contribution in [0.1, 0.15) is 31.2 Å². The minimum absolute atomic E-state index is 0.122. The summed E-state index contributed by atoms with van der Waals surface area (Å²) < 4.78 is 2.06. The molecule has 3 aromatic rings. The Bertz CT molecular complexity index is 895. The quantitative estimate of drug-likeness (QED) is 0.635. The summed E-state index contributed by atoms with van der Waals surface area (Å²) in [5.41, 5.74) is 3.60. The Morgan fingerprint density at radius 2 is 1.88 bits per heavy atom. The molecule has 1 saturated carbocycles. The standard InChI is InChI=1S/C19H21N3O2/c1-12-8-9-22-17(10-12)21-18(13-6-7-15(23)16(24)11-13)19(22)20-14-4-2-3-5-14/h6-11,14,20,23-24H,2-5H2,1H3. The second-order valence-corrected chi connectivity index (χ2v) is 6.57. The molecule has 0 saturated heterocycles. The van der Waals surface area contributed by atoms with Gasteiger partial charge in [-0.2, -0.15) is 0 Å². The fourth-order valence-corrected chi connectivity index (χ4v) is 3.42.